The summed E-state index contributed by atoms with van der Waals surface area (Å²) in [5, 5.41) is 22.5. The molecule has 1 fully saturated rings. The molecule has 0 radical (unpaired) electrons. The molecular formula is C14H25NO4. The molecule has 0 aromatic heterocycles. The summed E-state index contributed by atoms with van der Waals surface area (Å²) in [6.07, 6.45) is 0.360. The molecule has 5 nitrogen and oxygen atoms in total. The van der Waals surface area contributed by atoms with Crippen LogP contribution in [-0.2, 0) is 9.59 Å². The zero-order valence-corrected chi connectivity index (χ0v) is 12.6. The Morgan fingerprint density at radius 1 is 1.16 bits per heavy atom. The fourth-order valence-corrected chi connectivity index (χ4v) is 4.19. The summed E-state index contributed by atoms with van der Waals surface area (Å²) in [5.74, 6) is -2.40. The van der Waals surface area contributed by atoms with Crippen molar-refractivity contribution in [1.29, 1.82) is 0 Å². The lowest BCUT2D eigenvalue weighted by molar-refractivity contribution is -0.163. The van der Waals surface area contributed by atoms with Gasteiger partial charge in [-0.2, -0.15) is 0 Å². The van der Waals surface area contributed by atoms with Crippen molar-refractivity contribution < 1.29 is 19.8 Å². The molecule has 0 bridgehead atoms. The summed E-state index contributed by atoms with van der Waals surface area (Å²) in [7, 11) is 0. The van der Waals surface area contributed by atoms with E-state index in [0.29, 0.717) is 6.42 Å². The van der Waals surface area contributed by atoms with Gasteiger partial charge in [0.25, 0.3) is 0 Å². The molecule has 0 amide bonds. The van der Waals surface area contributed by atoms with Crippen molar-refractivity contribution in [3.63, 3.8) is 0 Å². The number of carbonyl (C=O) groups is 2. The number of hydrogen-bond acceptors (Lipinski definition) is 3. The van der Waals surface area contributed by atoms with Crippen molar-refractivity contribution in [2.45, 2.75) is 59.5 Å². The lowest BCUT2D eigenvalue weighted by Gasteiger charge is -2.45. The Morgan fingerprint density at radius 2 is 1.63 bits per heavy atom. The fourth-order valence-electron chi connectivity index (χ4n) is 4.19. The van der Waals surface area contributed by atoms with Gasteiger partial charge in [-0.15, -0.1) is 0 Å². The van der Waals surface area contributed by atoms with E-state index >= 15 is 0 Å². The molecule has 19 heavy (non-hydrogen) atoms. The maximum atomic E-state index is 12.0. The van der Waals surface area contributed by atoms with Gasteiger partial charge in [-0.3, -0.25) is 14.9 Å². The van der Waals surface area contributed by atoms with Crippen LogP contribution in [0.25, 0.3) is 0 Å². The summed E-state index contributed by atoms with van der Waals surface area (Å²) in [5.41, 5.74) is -2.83. The van der Waals surface area contributed by atoms with Gasteiger partial charge >= 0.3 is 11.9 Å². The lowest BCUT2D eigenvalue weighted by Crippen LogP contribution is -2.55. The second-order valence-corrected chi connectivity index (χ2v) is 6.64. The lowest BCUT2D eigenvalue weighted by atomic mass is 9.55. The van der Waals surface area contributed by atoms with Crippen LogP contribution in [0.15, 0.2) is 0 Å². The van der Waals surface area contributed by atoms with Crippen molar-refractivity contribution in [2.75, 3.05) is 0 Å². The molecule has 1 aliphatic rings. The Balaban J connectivity index is 3.53. The smallest absolute Gasteiger partial charge is 0.324 e. The third-order valence-corrected chi connectivity index (χ3v) is 5.11. The number of aliphatic carboxylic acids is 2. The van der Waals surface area contributed by atoms with E-state index in [0.717, 1.165) is 0 Å². The topological polar surface area (TPSA) is 86.6 Å². The standard InChI is InChI=1S/C14H25NO4/c1-7-13(10(16)17)8(2)14(11(18)19,9(3)15-13)12(4,5)6/h8-9,15H,7H2,1-6H3,(H,16,17)(H,18,19)/t8-,9+,13+,14+/m1/s1. The highest BCUT2D eigenvalue weighted by Gasteiger charge is 2.69. The van der Waals surface area contributed by atoms with Crippen LogP contribution in [0.1, 0.15) is 48.0 Å². The van der Waals surface area contributed by atoms with Gasteiger partial charge in [-0.05, 0) is 18.8 Å². The first kappa shape index (κ1) is 16.0. The van der Waals surface area contributed by atoms with Crippen LogP contribution < -0.4 is 5.32 Å². The van der Waals surface area contributed by atoms with Gasteiger partial charge in [-0.25, -0.2) is 0 Å². The molecule has 0 aromatic rings. The van der Waals surface area contributed by atoms with Crippen LogP contribution in [-0.4, -0.2) is 33.7 Å². The van der Waals surface area contributed by atoms with Gasteiger partial charge in [0.05, 0.1) is 5.41 Å². The van der Waals surface area contributed by atoms with Gasteiger partial charge in [0.1, 0.15) is 5.54 Å². The Hall–Kier alpha value is -1.10. The third kappa shape index (κ3) is 1.78. The van der Waals surface area contributed by atoms with Crippen LogP contribution >= 0.6 is 0 Å². The van der Waals surface area contributed by atoms with Gasteiger partial charge in [0, 0.05) is 12.0 Å². The van der Waals surface area contributed by atoms with Crippen LogP contribution in [0.4, 0.5) is 0 Å². The first-order chi connectivity index (χ1) is 8.48. The normalized spacial score (nSPS) is 39.3. The predicted molar refractivity (Wildman–Crippen MR) is 71.9 cm³/mol. The van der Waals surface area contributed by atoms with Crippen LogP contribution in [0.3, 0.4) is 0 Å². The van der Waals surface area contributed by atoms with Crippen molar-refractivity contribution in [3.05, 3.63) is 0 Å². The number of hydrogen-bond donors (Lipinski definition) is 3. The molecule has 4 atom stereocenters. The molecule has 0 aliphatic carbocycles. The largest absolute Gasteiger partial charge is 0.481 e. The predicted octanol–water partition coefficient (Wildman–Crippen LogP) is 1.96. The highest BCUT2D eigenvalue weighted by molar-refractivity contribution is 5.85. The number of nitrogens with one attached hydrogen (secondary N) is 1. The maximum Gasteiger partial charge on any atom is 0.324 e. The molecule has 1 aliphatic heterocycles. The minimum atomic E-state index is -1.18. The van der Waals surface area contributed by atoms with E-state index in [1.54, 1.807) is 20.8 Å². The highest BCUT2D eigenvalue weighted by atomic mass is 16.4. The zero-order valence-electron chi connectivity index (χ0n) is 12.6. The highest BCUT2D eigenvalue weighted by Crippen LogP contribution is 2.56. The summed E-state index contributed by atoms with van der Waals surface area (Å²) < 4.78 is 0. The van der Waals surface area contributed by atoms with Crippen LogP contribution in [0, 0.1) is 16.7 Å². The summed E-state index contributed by atoms with van der Waals surface area (Å²) in [4.78, 5) is 23.7. The maximum absolute atomic E-state index is 12.0. The summed E-state index contributed by atoms with van der Waals surface area (Å²) >= 11 is 0. The third-order valence-electron chi connectivity index (χ3n) is 5.11. The zero-order chi connectivity index (χ0) is 15.2. The second kappa shape index (κ2) is 4.47. The van der Waals surface area contributed by atoms with Crippen molar-refractivity contribution in [2.24, 2.45) is 16.7 Å². The fraction of sp³-hybridized carbons (Fsp3) is 0.857. The Kier molecular flexibility index (Phi) is 3.76. The van der Waals surface area contributed by atoms with Gasteiger partial charge < -0.3 is 10.2 Å². The monoisotopic (exact) mass is 271 g/mol. The molecule has 0 spiro atoms. The molecule has 1 saturated heterocycles. The van der Waals surface area contributed by atoms with Gasteiger partial charge in [0.15, 0.2) is 0 Å². The first-order valence-electron chi connectivity index (χ1n) is 6.73. The van der Waals surface area contributed by atoms with E-state index in [2.05, 4.69) is 5.32 Å². The molecule has 0 unspecified atom stereocenters. The summed E-state index contributed by atoms with van der Waals surface area (Å²) in [6, 6.07) is -0.406. The Labute approximate surface area is 114 Å². The van der Waals surface area contributed by atoms with Crippen molar-refractivity contribution >= 4 is 11.9 Å². The van der Waals surface area contributed by atoms with Crippen LogP contribution in [0.5, 0.6) is 0 Å². The number of carboxylic acid groups (broad SMARTS) is 2. The molecule has 3 N–H and O–H groups in total. The average molecular weight is 271 g/mol. The molecule has 0 aromatic carbocycles. The minimum absolute atomic E-state index is 0.360. The van der Waals surface area contributed by atoms with Crippen LogP contribution in [0.2, 0.25) is 0 Å². The Morgan fingerprint density at radius 3 is 1.79 bits per heavy atom. The van der Waals surface area contributed by atoms with E-state index < -0.39 is 40.3 Å². The van der Waals surface area contributed by atoms with Gasteiger partial charge in [-0.1, -0.05) is 34.6 Å². The molecular weight excluding hydrogens is 246 g/mol. The minimum Gasteiger partial charge on any atom is -0.481 e. The van der Waals surface area contributed by atoms with E-state index in [-0.39, 0.29) is 0 Å². The van der Waals surface area contributed by atoms with E-state index in [9.17, 15) is 19.8 Å². The quantitative estimate of drug-likeness (QED) is 0.730. The van der Waals surface area contributed by atoms with Gasteiger partial charge in [0.2, 0.25) is 0 Å². The molecule has 110 valence electrons. The SMILES string of the molecule is CC[C@]1(C(=O)O)N[C@@H](C)[C@@](C(=O)O)(C(C)(C)C)[C@@H]1C. The van der Waals surface area contributed by atoms with Crippen molar-refractivity contribution in [1.82, 2.24) is 5.32 Å². The number of rotatable bonds is 3. The summed E-state index contributed by atoms with van der Waals surface area (Å²) in [6.45, 7) is 10.9. The Bertz CT molecular complexity index is 401. The molecule has 5 heteroatoms. The van der Waals surface area contributed by atoms with Crippen molar-refractivity contribution in [3.8, 4) is 0 Å². The molecule has 1 rings (SSSR count). The molecule has 1 heterocycles. The first-order valence-corrected chi connectivity index (χ1v) is 6.73. The van der Waals surface area contributed by atoms with E-state index in [1.165, 1.54) is 0 Å². The van der Waals surface area contributed by atoms with E-state index in [4.69, 9.17) is 0 Å². The second-order valence-electron chi connectivity index (χ2n) is 6.64. The average Bonchev–Trinajstić information content (AvgIpc) is 2.47. The molecule has 0 saturated carbocycles. The van der Waals surface area contributed by atoms with E-state index in [1.807, 2.05) is 20.8 Å². The number of carboxylic acids is 2.